The third-order valence-electron chi connectivity index (χ3n) is 6.43. The van der Waals surface area contributed by atoms with Crippen molar-refractivity contribution in [2.75, 3.05) is 11.4 Å². The summed E-state index contributed by atoms with van der Waals surface area (Å²) < 4.78 is 2.42. The quantitative estimate of drug-likeness (QED) is 0.340. The SMILES string of the molecule is CCc1c(C)c2ccnc(N3CCc4ccccc4C3)c2n1Cc1ccc(Cl)c(Cl)c1. The number of nitrogens with zero attached hydrogens (tertiary/aromatic N) is 3. The molecule has 0 aliphatic carbocycles. The van der Waals surface area contributed by atoms with Gasteiger partial charge in [0.15, 0.2) is 5.82 Å². The van der Waals surface area contributed by atoms with Gasteiger partial charge in [0.25, 0.3) is 0 Å². The molecule has 0 saturated carbocycles. The summed E-state index contributed by atoms with van der Waals surface area (Å²) in [6, 6.07) is 16.8. The van der Waals surface area contributed by atoms with Crippen LogP contribution in [0.15, 0.2) is 54.7 Å². The summed E-state index contributed by atoms with van der Waals surface area (Å²) in [5.74, 6) is 1.06. The number of fused-ring (bicyclic) bond motifs is 2. The van der Waals surface area contributed by atoms with Gasteiger partial charge in [-0.15, -0.1) is 0 Å². The molecule has 0 atom stereocenters. The zero-order chi connectivity index (χ0) is 21.5. The third kappa shape index (κ3) is 3.60. The van der Waals surface area contributed by atoms with E-state index in [4.69, 9.17) is 28.2 Å². The number of anilines is 1. The summed E-state index contributed by atoms with van der Waals surface area (Å²) in [5, 5.41) is 2.46. The molecule has 0 radical (unpaired) electrons. The Labute approximate surface area is 193 Å². The molecule has 1 aliphatic rings. The minimum atomic E-state index is 0.587. The number of halogens is 2. The average molecular weight is 450 g/mol. The number of aryl methyl sites for hydroxylation is 1. The summed E-state index contributed by atoms with van der Waals surface area (Å²) in [4.78, 5) is 7.31. The van der Waals surface area contributed by atoms with Crippen LogP contribution in [0.5, 0.6) is 0 Å². The Hall–Kier alpha value is -2.49. The fourth-order valence-electron chi connectivity index (χ4n) is 4.86. The predicted molar refractivity (Wildman–Crippen MR) is 131 cm³/mol. The highest BCUT2D eigenvalue weighted by Gasteiger charge is 2.23. The molecule has 2 aromatic carbocycles. The number of rotatable bonds is 4. The zero-order valence-electron chi connectivity index (χ0n) is 17.8. The van der Waals surface area contributed by atoms with Crippen molar-refractivity contribution in [1.29, 1.82) is 0 Å². The van der Waals surface area contributed by atoms with E-state index in [9.17, 15) is 0 Å². The van der Waals surface area contributed by atoms with Crippen LogP contribution >= 0.6 is 23.2 Å². The van der Waals surface area contributed by atoms with Crippen LogP contribution in [0.2, 0.25) is 10.0 Å². The number of aromatic nitrogens is 2. The lowest BCUT2D eigenvalue weighted by Gasteiger charge is -2.30. The highest BCUT2D eigenvalue weighted by molar-refractivity contribution is 6.42. The van der Waals surface area contributed by atoms with Crippen LogP contribution < -0.4 is 4.90 Å². The van der Waals surface area contributed by atoms with E-state index in [0.29, 0.717) is 10.0 Å². The molecule has 0 fully saturated rings. The molecule has 31 heavy (non-hydrogen) atoms. The van der Waals surface area contributed by atoms with Gasteiger partial charge in [0.05, 0.1) is 15.6 Å². The van der Waals surface area contributed by atoms with Crippen molar-refractivity contribution in [3.05, 3.63) is 92.7 Å². The first-order chi connectivity index (χ1) is 15.1. The van der Waals surface area contributed by atoms with E-state index >= 15 is 0 Å². The van der Waals surface area contributed by atoms with Gasteiger partial charge in [-0.2, -0.15) is 0 Å². The molecule has 158 valence electrons. The second-order valence-electron chi connectivity index (χ2n) is 8.23. The predicted octanol–water partition coefficient (Wildman–Crippen LogP) is 6.82. The molecule has 1 aliphatic heterocycles. The summed E-state index contributed by atoms with van der Waals surface area (Å²) in [6.07, 6.45) is 3.96. The monoisotopic (exact) mass is 449 g/mol. The van der Waals surface area contributed by atoms with Crippen molar-refractivity contribution in [2.24, 2.45) is 0 Å². The maximum absolute atomic E-state index is 6.32. The van der Waals surface area contributed by atoms with Crippen LogP contribution in [-0.2, 0) is 25.9 Å². The van der Waals surface area contributed by atoms with E-state index in [1.165, 1.54) is 33.3 Å². The van der Waals surface area contributed by atoms with Crippen LogP contribution in [0.3, 0.4) is 0 Å². The molecule has 0 spiro atoms. The van der Waals surface area contributed by atoms with Gasteiger partial charge < -0.3 is 9.47 Å². The van der Waals surface area contributed by atoms with Crippen molar-refractivity contribution < 1.29 is 0 Å². The van der Waals surface area contributed by atoms with E-state index < -0.39 is 0 Å². The molecule has 3 heterocycles. The molecule has 0 unspecified atom stereocenters. The Morgan fingerprint density at radius 1 is 1.00 bits per heavy atom. The molecular formula is C26H25Cl2N3. The van der Waals surface area contributed by atoms with Crippen molar-refractivity contribution in [3.8, 4) is 0 Å². The molecule has 2 aromatic heterocycles. The Morgan fingerprint density at radius 2 is 1.81 bits per heavy atom. The normalized spacial score (nSPS) is 13.6. The number of hydrogen-bond acceptors (Lipinski definition) is 2. The van der Waals surface area contributed by atoms with Crippen LogP contribution in [0.1, 0.15) is 34.9 Å². The van der Waals surface area contributed by atoms with Gasteiger partial charge in [0.2, 0.25) is 0 Å². The number of pyridine rings is 1. The molecule has 0 amide bonds. The lowest BCUT2D eigenvalue weighted by Crippen LogP contribution is -2.31. The highest BCUT2D eigenvalue weighted by atomic mass is 35.5. The summed E-state index contributed by atoms with van der Waals surface area (Å²) in [7, 11) is 0. The third-order valence-corrected chi connectivity index (χ3v) is 7.17. The Bertz CT molecular complexity index is 1280. The van der Waals surface area contributed by atoms with E-state index in [-0.39, 0.29) is 0 Å². The van der Waals surface area contributed by atoms with Gasteiger partial charge in [-0.1, -0.05) is 60.5 Å². The fourth-order valence-corrected chi connectivity index (χ4v) is 5.18. The van der Waals surface area contributed by atoms with E-state index in [1.54, 1.807) is 0 Å². The van der Waals surface area contributed by atoms with Gasteiger partial charge >= 0.3 is 0 Å². The van der Waals surface area contributed by atoms with Crippen LogP contribution in [0, 0.1) is 6.92 Å². The van der Waals surface area contributed by atoms with Crippen molar-refractivity contribution >= 4 is 39.9 Å². The lowest BCUT2D eigenvalue weighted by atomic mass is 10.00. The van der Waals surface area contributed by atoms with Gasteiger partial charge in [-0.05, 0) is 60.2 Å². The van der Waals surface area contributed by atoms with Crippen LogP contribution in [0.4, 0.5) is 5.82 Å². The van der Waals surface area contributed by atoms with E-state index in [0.717, 1.165) is 43.9 Å². The Morgan fingerprint density at radius 3 is 2.58 bits per heavy atom. The summed E-state index contributed by atoms with van der Waals surface area (Å²) >= 11 is 12.5. The molecule has 0 N–H and O–H groups in total. The maximum atomic E-state index is 6.32. The maximum Gasteiger partial charge on any atom is 0.153 e. The average Bonchev–Trinajstić information content (AvgIpc) is 3.07. The fraction of sp³-hybridized carbons (Fsp3) is 0.269. The van der Waals surface area contributed by atoms with Crippen molar-refractivity contribution in [3.63, 3.8) is 0 Å². The van der Waals surface area contributed by atoms with Crippen molar-refractivity contribution in [2.45, 2.75) is 39.8 Å². The molecule has 5 heteroatoms. The van der Waals surface area contributed by atoms with E-state index in [1.807, 2.05) is 18.3 Å². The molecule has 0 bridgehead atoms. The number of benzene rings is 2. The molecule has 0 saturated heterocycles. The van der Waals surface area contributed by atoms with E-state index in [2.05, 4.69) is 59.7 Å². The van der Waals surface area contributed by atoms with Gasteiger partial charge in [0, 0.05) is 36.9 Å². The Kier molecular flexibility index (Phi) is 5.41. The smallest absolute Gasteiger partial charge is 0.153 e. The van der Waals surface area contributed by atoms with Gasteiger partial charge in [-0.3, -0.25) is 0 Å². The Balaban J connectivity index is 1.64. The highest BCUT2D eigenvalue weighted by Crippen LogP contribution is 2.35. The summed E-state index contributed by atoms with van der Waals surface area (Å²) in [6.45, 7) is 7.05. The van der Waals surface area contributed by atoms with Gasteiger partial charge in [-0.25, -0.2) is 4.98 Å². The molecule has 3 nitrogen and oxygen atoms in total. The minimum absolute atomic E-state index is 0.587. The first kappa shape index (κ1) is 20.4. The summed E-state index contributed by atoms with van der Waals surface area (Å²) in [5.41, 5.74) is 7.86. The standard InChI is InChI=1S/C26H25Cl2N3/c1-3-24-17(2)21-10-12-29-26(30-13-11-19-6-4-5-7-20(19)16-30)25(21)31(24)15-18-8-9-22(27)23(28)14-18/h4-10,12,14H,3,11,13,15-16H2,1-2H3. The first-order valence-electron chi connectivity index (χ1n) is 10.8. The zero-order valence-corrected chi connectivity index (χ0v) is 19.3. The minimum Gasteiger partial charge on any atom is -0.350 e. The van der Waals surface area contributed by atoms with Crippen LogP contribution in [0.25, 0.3) is 10.9 Å². The second-order valence-corrected chi connectivity index (χ2v) is 9.05. The second kappa shape index (κ2) is 8.22. The largest absolute Gasteiger partial charge is 0.350 e. The lowest BCUT2D eigenvalue weighted by molar-refractivity contribution is 0.715. The van der Waals surface area contributed by atoms with Crippen LogP contribution in [-0.4, -0.2) is 16.1 Å². The van der Waals surface area contributed by atoms with Gasteiger partial charge in [0.1, 0.15) is 0 Å². The first-order valence-corrected chi connectivity index (χ1v) is 11.5. The topological polar surface area (TPSA) is 21.1 Å². The molecule has 5 rings (SSSR count). The number of hydrogen-bond donors (Lipinski definition) is 0. The van der Waals surface area contributed by atoms with Crippen molar-refractivity contribution in [1.82, 2.24) is 9.55 Å². The molecule has 4 aromatic rings. The molecular weight excluding hydrogens is 425 g/mol.